The van der Waals surface area contributed by atoms with Crippen LogP contribution in [0.1, 0.15) is 49.0 Å². The number of hydrogen-bond acceptors (Lipinski definition) is 8. The maximum atomic E-state index is 14.3. The minimum Gasteiger partial charge on any atom is -0.393 e. The van der Waals surface area contributed by atoms with E-state index in [4.69, 9.17) is 15.2 Å². The van der Waals surface area contributed by atoms with Crippen LogP contribution in [-0.4, -0.2) is 35.1 Å². The van der Waals surface area contributed by atoms with Crippen LogP contribution < -0.4 is 11.1 Å². The standard InChI is InChI=1S/C12H9BrF4N2O4.C10H10BrFN2O3/c13-5-4-6(19(21)22)10(18-11(20)12(15,16)17)8(9(5)14)7-2-1-3-23-7;11-5-4-6(14(15)16)10(13)8(9(5)12)7-2-1-3-17-7/h4,7H,1-3H2,(H,18,20);4,7H,1-3,13H2. The average molecular weight is 706 g/mol. The van der Waals surface area contributed by atoms with Crippen molar-refractivity contribution < 1.29 is 46.1 Å². The summed E-state index contributed by atoms with van der Waals surface area (Å²) < 4.78 is 75.8. The second kappa shape index (κ2) is 12.7. The number of nitrogens with two attached hydrogens (primary N) is 1. The minimum atomic E-state index is -5.27. The van der Waals surface area contributed by atoms with Gasteiger partial charge in [-0.25, -0.2) is 8.78 Å². The highest BCUT2D eigenvalue weighted by Gasteiger charge is 2.42. The second-order valence-corrected chi connectivity index (χ2v) is 10.2. The summed E-state index contributed by atoms with van der Waals surface area (Å²) in [4.78, 5) is 31.4. The molecule has 2 aromatic rings. The van der Waals surface area contributed by atoms with E-state index in [-0.39, 0.29) is 38.9 Å². The predicted octanol–water partition coefficient (Wildman–Crippen LogP) is 6.78. The molecule has 3 N–H and O–H groups in total. The number of ether oxygens (including phenoxy) is 2. The number of hydrogen-bond donors (Lipinski definition) is 2. The van der Waals surface area contributed by atoms with Gasteiger partial charge in [0, 0.05) is 36.5 Å². The number of nitro benzene ring substituents is 2. The Hall–Kier alpha value is -2.96. The molecule has 1 amide bonds. The molecule has 0 aliphatic carbocycles. The molecule has 18 heteroatoms. The molecule has 2 aliphatic rings. The van der Waals surface area contributed by atoms with E-state index in [1.165, 1.54) is 5.32 Å². The van der Waals surface area contributed by atoms with Gasteiger partial charge in [-0.05, 0) is 57.5 Å². The second-order valence-electron chi connectivity index (χ2n) is 8.47. The summed E-state index contributed by atoms with van der Waals surface area (Å²) in [7, 11) is 0. The summed E-state index contributed by atoms with van der Waals surface area (Å²) in [6.45, 7) is 0.751. The Balaban J connectivity index is 0.000000230. The number of nitrogens with zero attached hydrogens (tertiary/aromatic N) is 2. The van der Waals surface area contributed by atoms with Crippen molar-refractivity contribution >= 4 is 60.5 Å². The Bertz CT molecular complexity index is 1330. The molecule has 2 fully saturated rings. The van der Waals surface area contributed by atoms with Crippen LogP contribution in [-0.2, 0) is 14.3 Å². The van der Waals surface area contributed by atoms with Gasteiger partial charge in [0.1, 0.15) is 23.0 Å². The lowest BCUT2D eigenvalue weighted by Crippen LogP contribution is -2.31. The summed E-state index contributed by atoms with van der Waals surface area (Å²) in [6, 6.07) is 1.77. The molecule has 0 spiro atoms. The molecule has 0 saturated carbocycles. The first-order valence-electron chi connectivity index (χ1n) is 11.3. The highest BCUT2D eigenvalue weighted by atomic mass is 79.9. The van der Waals surface area contributed by atoms with E-state index >= 15 is 0 Å². The molecular formula is C22H19Br2F5N4O7. The third kappa shape index (κ3) is 6.84. The first kappa shape index (κ1) is 31.6. The Morgan fingerprint density at radius 2 is 1.38 bits per heavy atom. The van der Waals surface area contributed by atoms with Gasteiger partial charge in [0.2, 0.25) is 0 Å². The fraction of sp³-hybridized carbons (Fsp3) is 0.409. The molecule has 0 aromatic heterocycles. The maximum absolute atomic E-state index is 14.3. The number of alkyl halides is 3. The van der Waals surface area contributed by atoms with Crippen LogP contribution in [0.4, 0.5) is 44.7 Å². The molecule has 2 saturated heterocycles. The number of carbonyl (C=O) groups is 1. The third-order valence-electron chi connectivity index (χ3n) is 5.90. The van der Waals surface area contributed by atoms with Crippen LogP contribution in [0.2, 0.25) is 0 Å². The summed E-state index contributed by atoms with van der Waals surface area (Å²) in [5.41, 5.74) is 3.11. The fourth-order valence-electron chi connectivity index (χ4n) is 4.12. The minimum absolute atomic E-state index is 0.0314. The van der Waals surface area contributed by atoms with E-state index in [1.54, 1.807) is 0 Å². The molecule has 218 valence electrons. The molecule has 11 nitrogen and oxygen atoms in total. The van der Waals surface area contributed by atoms with Crippen molar-refractivity contribution in [3.63, 3.8) is 0 Å². The van der Waals surface area contributed by atoms with E-state index in [9.17, 15) is 47.0 Å². The molecular weight excluding hydrogens is 687 g/mol. The Morgan fingerprint density at radius 1 is 0.925 bits per heavy atom. The van der Waals surface area contributed by atoms with Crippen LogP contribution in [0, 0.1) is 31.9 Å². The lowest BCUT2D eigenvalue weighted by molar-refractivity contribution is -0.384. The number of rotatable bonds is 5. The number of nitro groups is 2. The zero-order valence-electron chi connectivity index (χ0n) is 20.0. The van der Waals surface area contributed by atoms with E-state index in [0.29, 0.717) is 25.5 Å². The largest absolute Gasteiger partial charge is 0.471 e. The van der Waals surface area contributed by atoms with Crippen LogP contribution >= 0.6 is 31.9 Å². The van der Waals surface area contributed by atoms with E-state index in [1.807, 2.05) is 0 Å². The summed E-state index contributed by atoms with van der Waals surface area (Å²) >= 11 is 5.74. The Labute approximate surface area is 238 Å². The molecule has 2 atom stereocenters. The number of nitrogens with one attached hydrogen (secondary N) is 1. The number of anilines is 2. The zero-order chi connectivity index (χ0) is 29.9. The van der Waals surface area contributed by atoms with Gasteiger partial charge in [0.05, 0.1) is 31.0 Å². The topological polar surface area (TPSA) is 160 Å². The molecule has 2 unspecified atom stereocenters. The zero-order valence-corrected chi connectivity index (χ0v) is 23.2. The van der Waals surface area contributed by atoms with Gasteiger partial charge < -0.3 is 20.5 Å². The van der Waals surface area contributed by atoms with Crippen molar-refractivity contribution in [2.45, 2.75) is 44.1 Å². The Kier molecular flexibility index (Phi) is 10.0. The van der Waals surface area contributed by atoms with E-state index in [0.717, 1.165) is 12.5 Å². The van der Waals surface area contributed by atoms with Crippen molar-refractivity contribution in [1.82, 2.24) is 0 Å². The summed E-state index contributed by atoms with van der Waals surface area (Å²) in [5, 5.41) is 23.3. The maximum Gasteiger partial charge on any atom is 0.471 e. The van der Waals surface area contributed by atoms with Gasteiger partial charge in [-0.15, -0.1) is 0 Å². The van der Waals surface area contributed by atoms with Crippen molar-refractivity contribution in [3.8, 4) is 0 Å². The number of halogens is 7. The lowest BCUT2D eigenvalue weighted by Gasteiger charge is -2.18. The monoisotopic (exact) mass is 704 g/mol. The molecule has 4 rings (SSSR count). The summed E-state index contributed by atoms with van der Waals surface area (Å²) in [6.07, 6.45) is -4.55. The van der Waals surface area contributed by atoms with Crippen LogP contribution in [0.3, 0.4) is 0 Å². The smallest absolute Gasteiger partial charge is 0.393 e. The number of amides is 1. The fourth-order valence-corrected chi connectivity index (χ4v) is 4.98. The molecule has 0 bridgehead atoms. The van der Waals surface area contributed by atoms with Crippen molar-refractivity contribution in [3.05, 3.63) is 64.1 Å². The lowest BCUT2D eigenvalue weighted by atomic mass is 10.0. The van der Waals surface area contributed by atoms with Crippen LogP contribution in [0.15, 0.2) is 21.1 Å². The van der Waals surface area contributed by atoms with Gasteiger partial charge in [-0.2, -0.15) is 13.2 Å². The first-order valence-corrected chi connectivity index (χ1v) is 12.9. The average Bonchev–Trinajstić information content (AvgIpc) is 3.58. The van der Waals surface area contributed by atoms with Crippen LogP contribution in [0.5, 0.6) is 0 Å². The van der Waals surface area contributed by atoms with Gasteiger partial charge in [0.25, 0.3) is 11.4 Å². The van der Waals surface area contributed by atoms with Crippen molar-refractivity contribution in [2.24, 2.45) is 0 Å². The molecule has 2 aliphatic heterocycles. The number of carbonyl (C=O) groups excluding carboxylic acids is 1. The first-order chi connectivity index (χ1) is 18.6. The Morgan fingerprint density at radius 3 is 1.80 bits per heavy atom. The normalized spacial score (nSPS) is 18.7. The van der Waals surface area contributed by atoms with Gasteiger partial charge in [-0.1, -0.05) is 0 Å². The highest BCUT2D eigenvalue weighted by Crippen LogP contribution is 2.44. The number of nitrogen functional groups attached to an aromatic ring is 1. The summed E-state index contributed by atoms with van der Waals surface area (Å²) in [5.74, 6) is -4.03. The van der Waals surface area contributed by atoms with Gasteiger partial charge in [0.15, 0.2) is 0 Å². The van der Waals surface area contributed by atoms with Gasteiger partial charge >= 0.3 is 12.1 Å². The SMILES string of the molecule is Nc1c([N+](=O)[O-])cc(Br)c(F)c1C1CCCO1.O=C(Nc1c([N+](=O)[O-])cc(Br)c(F)c1C1CCCO1)C(F)(F)F. The van der Waals surface area contributed by atoms with Crippen LogP contribution in [0.25, 0.3) is 0 Å². The molecule has 2 heterocycles. The van der Waals surface area contributed by atoms with E-state index in [2.05, 4.69) is 31.9 Å². The molecule has 0 radical (unpaired) electrons. The highest BCUT2D eigenvalue weighted by molar-refractivity contribution is 9.10. The number of benzene rings is 2. The van der Waals surface area contributed by atoms with Crippen molar-refractivity contribution in [2.75, 3.05) is 24.3 Å². The molecule has 2 aromatic carbocycles. The molecule has 40 heavy (non-hydrogen) atoms. The third-order valence-corrected chi connectivity index (χ3v) is 7.06. The van der Waals surface area contributed by atoms with E-state index < -0.39 is 62.7 Å². The van der Waals surface area contributed by atoms with Crippen molar-refractivity contribution in [1.29, 1.82) is 0 Å². The quantitative estimate of drug-likeness (QED) is 0.149. The van der Waals surface area contributed by atoms with Gasteiger partial charge in [-0.3, -0.25) is 25.0 Å². The predicted molar refractivity (Wildman–Crippen MR) is 136 cm³/mol.